The molecule has 0 aromatic heterocycles. The van der Waals surface area contributed by atoms with Crippen molar-refractivity contribution in [1.82, 2.24) is 5.32 Å². The van der Waals surface area contributed by atoms with Crippen LogP contribution in [0.1, 0.15) is 19.3 Å². The zero-order chi connectivity index (χ0) is 10.6. The van der Waals surface area contributed by atoms with Crippen molar-refractivity contribution in [2.24, 2.45) is 0 Å². The molecule has 0 aliphatic carbocycles. The van der Waals surface area contributed by atoms with Crippen LogP contribution in [0.3, 0.4) is 0 Å². The highest BCUT2D eigenvalue weighted by molar-refractivity contribution is 7.92. The average molecular weight is 237 g/mol. The Morgan fingerprint density at radius 1 is 1.50 bits per heavy atom. The minimum absolute atomic E-state index is 0.123. The van der Waals surface area contributed by atoms with Gasteiger partial charge in [0.25, 0.3) is 0 Å². The quantitative estimate of drug-likeness (QED) is 0.677. The maximum absolute atomic E-state index is 11.4. The Morgan fingerprint density at radius 3 is 2.71 bits per heavy atom. The maximum atomic E-state index is 11.4. The van der Waals surface area contributed by atoms with Crippen LogP contribution in [0.2, 0.25) is 0 Å². The summed E-state index contributed by atoms with van der Waals surface area (Å²) >= 11 is 3.92. The highest BCUT2D eigenvalue weighted by Crippen LogP contribution is 2.18. The van der Waals surface area contributed by atoms with Crippen molar-refractivity contribution in [1.29, 1.82) is 0 Å². The lowest BCUT2D eigenvalue weighted by Gasteiger charge is -2.09. The topological polar surface area (TPSA) is 63.2 Å². The van der Waals surface area contributed by atoms with Crippen LogP contribution in [0.25, 0.3) is 0 Å². The Labute approximate surface area is 89.8 Å². The lowest BCUT2D eigenvalue weighted by molar-refractivity contribution is -0.120. The van der Waals surface area contributed by atoms with E-state index in [-0.39, 0.29) is 23.5 Å². The molecule has 4 nitrogen and oxygen atoms in total. The first-order valence-electron chi connectivity index (χ1n) is 4.65. The largest absolute Gasteiger partial charge is 0.355 e. The molecule has 82 valence electrons. The van der Waals surface area contributed by atoms with Crippen molar-refractivity contribution in [3.05, 3.63) is 0 Å². The standard InChI is InChI=1S/C8H15NO3S2/c10-8(3-4-13)9-6-7-2-1-5-14(7,11)12/h7,13H,1-6H2,(H,9,10). The van der Waals surface area contributed by atoms with Gasteiger partial charge in [0.15, 0.2) is 9.84 Å². The second-order valence-electron chi connectivity index (χ2n) is 3.41. The van der Waals surface area contributed by atoms with E-state index in [1.165, 1.54) is 0 Å². The summed E-state index contributed by atoms with van der Waals surface area (Å²) in [7, 11) is -2.93. The third-order valence-electron chi connectivity index (χ3n) is 2.33. The van der Waals surface area contributed by atoms with E-state index in [1.54, 1.807) is 0 Å². The van der Waals surface area contributed by atoms with Crippen LogP contribution in [0.4, 0.5) is 0 Å². The van der Waals surface area contributed by atoms with Crippen molar-refractivity contribution in [3.8, 4) is 0 Å². The Kier molecular flexibility index (Phi) is 4.25. The van der Waals surface area contributed by atoms with Gasteiger partial charge in [-0.15, -0.1) is 0 Å². The fraction of sp³-hybridized carbons (Fsp3) is 0.875. The first-order chi connectivity index (χ1) is 6.56. The summed E-state index contributed by atoms with van der Waals surface area (Å²) in [5, 5.41) is 2.25. The van der Waals surface area contributed by atoms with Gasteiger partial charge < -0.3 is 5.32 Å². The molecular formula is C8H15NO3S2. The minimum atomic E-state index is -2.93. The smallest absolute Gasteiger partial charge is 0.220 e. The van der Waals surface area contributed by atoms with E-state index in [0.29, 0.717) is 18.6 Å². The molecule has 14 heavy (non-hydrogen) atoms. The van der Waals surface area contributed by atoms with Crippen LogP contribution in [0, 0.1) is 0 Å². The predicted octanol–water partition coefficient (Wildman–Crippen LogP) is -0.000300. The number of nitrogens with one attached hydrogen (secondary N) is 1. The zero-order valence-electron chi connectivity index (χ0n) is 7.90. The van der Waals surface area contributed by atoms with E-state index in [2.05, 4.69) is 17.9 Å². The van der Waals surface area contributed by atoms with Gasteiger partial charge in [-0.1, -0.05) is 0 Å². The van der Waals surface area contributed by atoms with Gasteiger partial charge in [-0.25, -0.2) is 8.42 Å². The fourth-order valence-corrected chi connectivity index (χ4v) is 3.47. The van der Waals surface area contributed by atoms with Crippen molar-refractivity contribution in [2.45, 2.75) is 24.5 Å². The number of hydrogen-bond donors (Lipinski definition) is 2. The zero-order valence-corrected chi connectivity index (χ0v) is 9.61. The summed E-state index contributed by atoms with van der Waals surface area (Å²) in [5.41, 5.74) is 0. The molecule has 0 saturated carbocycles. The van der Waals surface area contributed by atoms with E-state index in [1.807, 2.05) is 0 Å². The summed E-state index contributed by atoms with van der Waals surface area (Å²) in [4.78, 5) is 11.1. The molecule has 1 saturated heterocycles. The second-order valence-corrected chi connectivity index (χ2v) is 6.26. The van der Waals surface area contributed by atoms with E-state index in [9.17, 15) is 13.2 Å². The molecule has 1 heterocycles. The molecule has 0 aromatic carbocycles. The Balaban J connectivity index is 2.35. The molecule has 0 bridgehead atoms. The molecule has 1 amide bonds. The SMILES string of the molecule is O=C(CCS)NCC1CCCS1(=O)=O. The molecule has 1 rings (SSSR count). The second kappa shape index (κ2) is 5.02. The lowest BCUT2D eigenvalue weighted by Crippen LogP contribution is -2.34. The van der Waals surface area contributed by atoms with Crippen LogP contribution in [-0.4, -0.2) is 37.6 Å². The molecule has 6 heteroatoms. The highest BCUT2D eigenvalue weighted by atomic mass is 32.2. The van der Waals surface area contributed by atoms with Gasteiger partial charge in [-0.05, 0) is 18.6 Å². The van der Waals surface area contributed by atoms with E-state index >= 15 is 0 Å². The third-order valence-corrected chi connectivity index (χ3v) is 4.83. The molecule has 0 spiro atoms. The molecule has 1 unspecified atom stereocenters. The Bertz CT molecular complexity index is 300. The van der Waals surface area contributed by atoms with Gasteiger partial charge in [0.2, 0.25) is 5.91 Å². The van der Waals surface area contributed by atoms with Crippen molar-refractivity contribution in [2.75, 3.05) is 18.1 Å². The van der Waals surface area contributed by atoms with Gasteiger partial charge >= 0.3 is 0 Å². The van der Waals surface area contributed by atoms with E-state index in [0.717, 1.165) is 6.42 Å². The van der Waals surface area contributed by atoms with Crippen LogP contribution < -0.4 is 5.32 Å². The van der Waals surface area contributed by atoms with Gasteiger partial charge in [0, 0.05) is 13.0 Å². The maximum Gasteiger partial charge on any atom is 0.220 e. The Hall–Kier alpha value is -0.230. The fourth-order valence-electron chi connectivity index (χ4n) is 1.51. The molecule has 1 atom stereocenters. The van der Waals surface area contributed by atoms with Crippen LogP contribution >= 0.6 is 12.6 Å². The molecule has 1 N–H and O–H groups in total. The van der Waals surface area contributed by atoms with Gasteiger partial charge in [-0.3, -0.25) is 4.79 Å². The molecule has 1 aliphatic rings. The Morgan fingerprint density at radius 2 is 2.21 bits per heavy atom. The number of carbonyl (C=O) groups is 1. The number of sulfone groups is 1. The van der Waals surface area contributed by atoms with E-state index in [4.69, 9.17) is 0 Å². The van der Waals surface area contributed by atoms with Crippen LogP contribution in [0.5, 0.6) is 0 Å². The molecule has 0 aromatic rings. The molecule has 1 fully saturated rings. The average Bonchev–Trinajstić information content (AvgIpc) is 2.42. The minimum Gasteiger partial charge on any atom is -0.355 e. The summed E-state index contributed by atoms with van der Waals surface area (Å²) in [5.74, 6) is 0.630. The first-order valence-corrected chi connectivity index (χ1v) is 7.00. The summed E-state index contributed by atoms with van der Waals surface area (Å²) < 4.78 is 22.7. The molecule has 0 radical (unpaired) electrons. The summed E-state index contributed by atoms with van der Waals surface area (Å²) in [6.07, 6.45) is 1.73. The van der Waals surface area contributed by atoms with Gasteiger partial charge in [-0.2, -0.15) is 12.6 Å². The van der Waals surface area contributed by atoms with Crippen molar-refractivity contribution in [3.63, 3.8) is 0 Å². The number of carbonyl (C=O) groups excluding carboxylic acids is 1. The number of thiol groups is 1. The summed E-state index contributed by atoms with van der Waals surface area (Å²) in [6.45, 7) is 0.259. The number of amides is 1. The molecule has 1 aliphatic heterocycles. The summed E-state index contributed by atoms with van der Waals surface area (Å²) in [6, 6.07) is 0. The third kappa shape index (κ3) is 3.16. The highest BCUT2D eigenvalue weighted by Gasteiger charge is 2.31. The predicted molar refractivity (Wildman–Crippen MR) is 58.3 cm³/mol. The van der Waals surface area contributed by atoms with Crippen LogP contribution in [-0.2, 0) is 14.6 Å². The van der Waals surface area contributed by atoms with Crippen molar-refractivity contribution >= 4 is 28.4 Å². The lowest BCUT2D eigenvalue weighted by atomic mass is 10.2. The molecular weight excluding hydrogens is 222 g/mol. The number of rotatable bonds is 4. The van der Waals surface area contributed by atoms with E-state index < -0.39 is 9.84 Å². The van der Waals surface area contributed by atoms with Gasteiger partial charge in [0.05, 0.1) is 11.0 Å². The van der Waals surface area contributed by atoms with Gasteiger partial charge in [0.1, 0.15) is 0 Å². The van der Waals surface area contributed by atoms with Crippen LogP contribution in [0.15, 0.2) is 0 Å². The monoisotopic (exact) mass is 237 g/mol. The number of hydrogen-bond acceptors (Lipinski definition) is 4. The first kappa shape index (κ1) is 11.8. The normalized spacial score (nSPS) is 24.8. The van der Waals surface area contributed by atoms with Crippen molar-refractivity contribution < 1.29 is 13.2 Å².